The second-order valence-electron chi connectivity index (χ2n) is 3.73. The van der Waals surface area contributed by atoms with Crippen LogP contribution < -0.4 is 0 Å². The van der Waals surface area contributed by atoms with Crippen molar-refractivity contribution in [2.45, 2.75) is 6.61 Å². The predicted molar refractivity (Wildman–Crippen MR) is 68.5 cm³/mol. The first-order valence-electron chi connectivity index (χ1n) is 5.46. The molecule has 0 fully saturated rings. The highest BCUT2D eigenvalue weighted by atomic mass is 16.5. The van der Waals surface area contributed by atoms with E-state index in [1.54, 1.807) is 6.08 Å². The molecule has 0 heterocycles. The first-order chi connectivity index (χ1) is 8.36. The van der Waals surface area contributed by atoms with Gasteiger partial charge in [-0.3, -0.25) is 0 Å². The molecule has 0 saturated heterocycles. The second-order valence-corrected chi connectivity index (χ2v) is 3.73. The van der Waals surface area contributed by atoms with E-state index in [1.165, 1.54) is 0 Å². The van der Waals surface area contributed by atoms with Gasteiger partial charge in [0, 0.05) is 0 Å². The molecule has 0 aliphatic rings. The number of nitriles is 1. The topological polar surface area (TPSA) is 33.0 Å². The first-order valence-corrected chi connectivity index (χ1v) is 5.46. The summed E-state index contributed by atoms with van der Waals surface area (Å²) in [5.41, 5.74) is 1.80. The molecule has 0 aromatic heterocycles. The fourth-order valence-corrected chi connectivity index (χ4v) is 1.84. The third-order valence-corrected chi connectivity index (χ3v) is 2.63. The molecule has 0 N–H and O–H groups in total. The molecule has 2 nitrogen and oxygen atoms in total. The molecule has 0 saturated carbocycles. The SMILES string of the molecule is C=CCOCc1ccc(C#N)c2ccccc12. The predicted octanol–water partition coefficient (Wildman–Crippen LogP) is 3.41. The van der Waals surface area contributed by atoms with Crippen molar-refractivity contribution >= 4 is 10.8 Å². The number of rotatable bonds is 4. The second kappa shape index (κ2) is 5.29. The lowest BCUT2D eigenvalue weighted by atomic mass is 10.0. The van der Waals surface area contributed by atoms with Crippen molar-refractivity contribution < 1.29 is 4.74 Å². The van der Waals surface area contributed by atoms with Gasteiger partial charge in [-0.2, -0.15) is 5.26 Å². The Morgan fingerprint density at radius 2 is 1.94 bits per heavy atom. The summed E-state index contributed by atoms with van der Waals surface area (Å²) in [4.78, 5) is 0. The van der Waals surface area contributed by atoms with Crippen LogP contribution in [0.2, 0.25) is 0 Å². The van der Waals surface area contributed by atoms with Gasteiger partial charge >= 0.3 is 0 Å². The molecule has 0 atom stereocenters. The van der Waals surface area contributed by atoms with Crippen LogP contribution in [0.5, 0.6) is 0 Å². The van der Waals surface area contributed by atoms with E-state index in [2.05, 4.69) is 12.6 Å². The lowest BCUT2D eigenvalue weighted by molar-refractivity contribution is 0.150. The summed E-state index contributed by atoms with van der Waals surface area (Å²) in [6, 6.07) is 13.9. The van der Waals surface area contributed by atoms with Gasteiger partial charge in [0.2, 0.25) is 0 Å². The fraction of sp³-hybridized carbons (Fsp3) is 0.133. The Morgan fingerprint density at radius 3 is 2.65 bits per heavy atom. The minimum atomic E-state index is 0.536. The number of fused-ring (bicyclic) bond motifs is 1. The third kappa shape index (κ3) is 2.35. The zero-order chi connectivity index (χ0) is 12.1. The van der Waals surface area contributed by atoms with E-state index in [9.17, 15) is 0 Å². The summed E-state index contributed by atoms with van der Waals surface area (Å²) in [7, 11) is 0. The molecule has 0 spiro atoms. The van der Waals surface area contributed by atoms with Gasteiger partial charge in [0.05, 0.1) is 24.8 Å². The molecule has 0 amide bonds. The Hall–Kier alpha value is -2.11. The zero-order valence-electron chi connectivity index (χ0n) is 9.52. The summed E-state index contributed by atoms with van der Waals surface area (Å²) >= 11 is 0. The Kier molecular flexibility index (Phi) is 3.54. The lowest BCUT2D eigenvalue weighted by Gasteiger charge is -2.07. The van der Waals surface area contributed by atoms with Crippen molar-refractivity contribution in [3.05, 3.63) is 60.2 Å². The summed E-state index contributed by atoms with van der Waals surface area (Å²) in [6.07, 6.45) is 1.73. The van der Waals surface area contributed by atoms with E-state index in [0.717, 1.165) is 16.3 Å². The molecule has 0 bridgehead atoms. The maximum Gasteiger partial charge on any atom is 0.0998 e. The molecule has 2 heteroatoms. The fourth-order valence-electron chi connectivity index (χ4n) is 1.84. The highest BCUT2D eigenvalue weighted by Gasteiger charge is 2.04. The largest absolute Gasteiger partial charge is 0.373 e. The van der Waals surface area contributed by atoms with Crippen molar-refractivity contribution in [2.24, 2.45) is 0 Å². The number of ether oxygens (including phenoxy) is 1. The van der Waals surface area contributed by atoms with E-state index in [-0.39, 0.29) is 0 Å². The van der Waals surface area contributed by atoms with Crippen LogP contribution in [0.3, 0.4) is 0 Å². The van der Waals surface area contributed by atoms with Gasteiger partial charge in [-0.1, -0.05) is 36.4 Å². The Morgan fingerprint density at radius 1 is 1.18 bits per heavy atom. The van der Waals surface area contributed by atoms with Gasteiger partial charge in [-0.05, 0) is 22.4 Å². The van der Waals surface area contributed by atoms with Crippen LogP contribution in [0.4, 0.5) is 0 Å². The van der Waals surface area contributed by atoms with Crippen LogP contribution in [0.1, 0.15) is 11.1 Å². The molecule has 0 radical (unpaired) electrons. The van der Waals surface area contributed by atoms with Gasteiger partial charge in [-0.15, -0.1) is 6.58 Å². The summed E-state index contributed by atoms with van der Waals surface area (Å²) in [5.74, 6) is 0. The van der Waals surface area contributed by atoms with Crippen molar-refractivity contribution in [1.29, 1.82) is 5.26 Å². The average molecular weight is 223 g/mol. The smallest absolute Gasteiger partial charge is 0.0998 e. The van der Waals surface area contributed by atoms with Crippen molar-refractivity contribution in [3.8, 4) is 6.07 Å². The van der Waals surface area contributed by atoms with Crippen LogP contribution in [-0.4, -0.2) is 6.61 Å². The molecule has 0 aliphatic carbocycles. The van der Waals surface area contributed by atoms with E-state index >= 15 is 0 Å². The van der Waals surface area contributed by atoms with Crippen LogP contribution in [0.25, 0.3) is 10.8 Å². The average Bonchev–Trinajstić information content (AvgIpc) is 2.39. The number of hydrogen-bond donors (Lipinski definition) is 0. The number of benzene rings is 2. The van der Waals surface area contributed by atoms with Crippen LogP contribution in [0.15, 0.2) is 49.1 Å². The molecule has 2 aromatic rings. The van der Waals surface area contributed by atoms with Gasteiger partial charge in [0.15, 0.2) is 0 Å². The standard InChI is InChI=1S/C15H13NO/c1-2-9-17-11-13-8-7-12(10-16)14-5-3-4-6-15(13)14/h2-8H,1,9,11H2. The minimum Gasteiger partial charge on any atom is -0.373 e. The monoisotopic (exact) mass is 223 g/mol. The van der Waals surface area contributed by atoms with Crippen molar-refractivity contribution in [1.82, 2.24) is 0 Å². The molecular weight excluding hydrogens is 210 g/mol. The summed E-state index contributed by atoms with van der Waals surface area (Å²) in [6.45, 7) is 4.69. The van der Waals surface area contributed by atoms with Crippen molar-refractivity contribution in [3.63, 3.8) is 0 Å². The van der Waals surface area contributed by atoms with E-state index in [4.69, 9.17) is 10.00 Å². The van der Waals surface area contributed by atoms with Crippen LogP contribution in [-0.2, 0) is 11.3 Å². The van der Waals surface area contributed by atoms with Gasteiger partial charge in [-0.25, -0.2) is 0 Å². The molecule has 84 valence electrons. The van der Waals surface area contributed by atoms with Crippen molar-refractivity contribution in [2.75, 3.05) is 6.61 Å². The molecule has 17 heavy (non-hydrogen) atoms. The number of nitrogens with zero attached hydrogens (tertiary/aromatic N) is 1. The third-order valence-electron chi connectivity index (χ3n) is 2.63. The Balaban J connectivity index is 2.44. The molecule has 0 unspecified atom stereocenters. The normalized spacial score (nSPS) is 10.1. The highest BCUT2D eigenvalue weighted by molar-refractivity contribution is 5.90. The van der Waals surface area contributed by atoms with Gasteiger partial charge in [0.1, 0.15) is 0 Å². The maximum atomic E-state index is 9.05. The van der Waals surface area contributed by atoms with Gasteiger partial charge < -0.3 is 4.74 Å². The number of hydrogen-bond acceptors (Lipinski definition) is 2. The first kappa shape index (κ1) is 11.4. The van der Waals surface area contributed by atoms with Gasteiger partial charge in [0.25, 0.3) is 0 Å². The quantitative estimate of drug-likeness (QED) is 0.587. The molecule has 2 aromatic carbocycles. The lowest BCUT2D eigenvalue weighted by Crippen LogP contribution is -1.94. The summed E-state index contributed by atoms with van der Waals surface area (Å²) in [5, 5.41) is 11.1. The van der Waals surface area contributed by atoms with E-state index < -0.39 is 0 Å². The van der Waals surface area contributed by atoms with Crippen LogP contribution in [0, 0.1) is 11.3 Å². The Bertz CT molecular complexity index is 581. The molecule has 2 rings (SSSR count). The highest BCUT2D eigenvalue weighted by Crippen LogP contribution is 2.22. The Labute approximate surface area is 101 Å². The zero-order valence-corrected chi connectivity index (χ0v) is 9.52. The molecule has 0 aliphatic heterocycles. The maximum absolute atomic E-state index is 9.05. The van der Waals surface area contributed by atoms with Crippen LogP contribution >= 0.6 is 0 Å². The van der Waals surface area contributed by atoms with E-state index in [1.807, 2.05) is 36.4 Å². The minimum absolute atomic E-state index is 0.536. The summed E-state index contributed by atoms with van der Waals surface area (Å²) < 4.78 is 5.45. The van der Waals surface area contributed by atoms with E-state index in [0.29, 0.717) is 18.8 Å². The molecular formula is C15H13NO.